The Hall–Kier alpha value is -0.770. The molecule has 4 nitrogen and oxygen atoms in total. The average molecular weight is 185 g/mol. The van der Waals surface area contributed by atoms with E-state index in [2.05, 4.69) is 5.32 Å². The van der Waals surface area contributed by atoms with Gasteiger partial charge >= 0.3 is 6.03 Å². The Bertz CT molecular complexity index is 174. The summed E-state index contributed by atoms with van der Waals surface area (Å²) in [5.41, 5.74) is 10.8. The number of carbonyl (C=O) groups is 1. The van der Waals surface area contributed by atoms with Crippen LogP contribution in [0.25, 0.3) is 0 Å². The lowest BCUT2D eigenvalue weighted by atomic mass is 9.82. The SMILES string of the molecule is CC(N)C1CCC(NC(N)=O)CC1. The quantitative estimate of drug-likeness (QED) is 0.587. The molecule has 5 N–H and O–H groups in total. The Morgan fingerprint density at radius 3 is 2.31 bits per heavy atom. The van der Waals surface area contributed by atoms with Crippen molar-refractivity contribution in [3.8, 4) is 0 Å². The maximum absolute atomic E-state index is 10.6. The van der Waals surface area contributed by atoms with Crippen LogP contribution in [0.3, 0.4) is 0 Å². The van der Waals surface area contributed by atoms with Crippen molar-refractivity contribution in [3.63, 3.8) is 0 Å². The first-order valence-electron chi connectivity index (χ1n) is 4.91. The van der Waals surface area contributed by atoms with Crippen molar-refractivity contribution in [2.75, 3.05) is 0 Å². The molecule has 4 heteroatoms. The molecule has 1 saturated carbocycles. The van der Waals surface area contributed by atoms with E-state index in [0.29, 0.717) is 5.92 Å². The largest absolute Gasteiger partial charge is 0.352 e. The van der Waals surface area contributed by atoms with Crippen LogP contribution in [0.4, 0.5) is 4.79 Å². The minimum atomic E-state index is -0.413. The molecular formula is C9H19N3O. The fourth-order valence-electron chi connectivity index (χ4n) is 1.99. The summed E-state index contributed by atoms with van der Waals surface area (Å²) in [4.78, 5) is 10.6. The van der Waals surface area contributed by atoms with E-state index in [1.807, 2.05) is 6.92 Å². The number of nitrogens with one attached hydrogen (secondary N) is 1. The third-order valence-electron chi connectivity index (χ3n) is 2.86. The summed E-state index contributed by atoms with van der Waals surface area (Å²) in [5, 5.41) is 2.74. The molecule has 0 aromatic carbocycles. The molecule has 0 heterocycles. The zero-order chi connectivity index (χ0) is 9.84. The van der Waals surface area contributed by atoms with Gasteiger partial charge in [-0.25, -0.2) is 4.79 Å². The maximum atomic E-state index is 10.6. The molecule has 13 heavy (non-hydrogen) atoms. The normalized spacial score (nSPS) is 30.9. The van der Waals surface area contributed by atoms with Crippen molar-refractivity contribution >= 4 is 6.03 Å². The lowest BCUT2D eigenvalue weighted by Gasteiger charge is -2.30. The number of hydrogen-bond acceptors (Lipinski definition) is 2. The average Bonchev–Trinajstić information content (AvgIpc) is 2.04. The highest BCUT2D eigenvalue weighted by Crippen LogP contribution is 2.25. The van der Waals surface area contributed by atoms with Gasteiger partial charge < -0.3 is 16.8 Å². The number of nitrogens with two attached hydrogens (primary N) is 2. The summed E-state index contributed by atoms with van der Waals surface area (Å²) >= 11 is 0. The van der Waals surface area contributed by atoms with Crippen LogP contribution in [-0.4, -0.2) is 18.1 Å². The van der Waals surface area contributed by atoms with E-state index in [-0.39, 0.29) is 12.1 Å². The van der Waals surface area contributed by atoms with Crippen LogP contribution >= 0.6 is 0 Å². The van der Waals surface area contributed by atoms with Gasteiger partial charge in [-0.15, -0.1) is 0 Å². The Kier molecular flexibility index (Phi) is 3.54. The van der Waals surface area contributed by atoms with Crippen molar-refractivity contribution in [1.82, 2.24) is 5.32 Å². The topological polar surface area (TPSA) is 81.1 Å². The molecule has 1 aliphatic rings. The van der Waals surface area contributed by atoms with Crippen LogP contribution < -0.4 is 16.8 Å². The third kappa shape index (κ3) is 3.22. The highest BCUT2D eigenvalue weighted by atomic mass is 16.2. The first-order valence-corrected chi connectivity index (χ1v) is 4.91. The molecule has 2 amide bonds. The van der Waals surface area contributed by atoms with Gasteiger partial charge in [-0.1, -0.05) is 0 Å². The number of rotatable bonds is 2. The van der Waals surface area contributed by atoms with Crippen molar-refractivity contribution in [3.05, 3.63) is 0 Å². The first kappa shape index (κ1) is 10.3. The van der Waals surface area contributed by atoms with Crippen molar-refractivity contribution in [1.29, 1.82) is 0 Å². The van der Waals surface area contributed by atoms with E-state index in [1.54, 1.807) is 0 Å². The van der Waals surface area contributed by atoms with Crippen molar-refractivity contribution in [2.45, 2.75) is 44.7 Å². The van der Waals surface area contributed by atoms with Crippen LogP contribution in [-0.2, 0) is 0 Å². The van der Waals surface area contributed by atoms with Crippen LogP contribution in [0.5, 0.6) is 0 Å². The lowest BCUT2D eigenvalue weighted by Crippen LogP contribution is -2.42. The molecular weight excluding hydrogens is 166 g/mol. The molecule has 1 atom stereocenters. The van der Waals surface area contributed by atoms with Gasteiger partial charge in [0.1, 0.15) is 0 Å². The highest BCUT2D eigenvalue weighted by molar-refractivity contribution is 5.71. The molecule has 0 saturated heterocycles. The minimum absolute atomic E-state index is 0.271. The zero-order valence-electron chi connectivity index (χ0n) is 8.12. The lowest BCUT2D eigenvalue weighted by molar-refractivity contribution is 0.230. The Balaban J connectivity index is 2.26. The predicted molar refractivity (Wildman–Crippen MR) is 52.1 cm³/mol. The standard InChI is InChI=1S/C9H19N3O/c1-6(10)7-2-4-8(5-3-7)12-9(11)13/h6-8H,2-5,10H2,1H3,(H3,11,12,13). The van der Waals surface area contributed by atoms with Gasteiger partial charge in [0, 0.05) is 12.1 Å². The van der Waals surface area contributed by atoms with Gasteiger partial charge in [-0.05, 0) is 38.5 Å². The smallest absolute Gasteiger partial charge is 0.312 e. The van der Waals surface area contributed by atoms with Gasteiger partial charge in [0.25, 0.3) is 0 Å². The van der Waals surface area contributed by atoms with E-state index < -0.39 is 6.03 Å². The van der Waals surface area contributed by atoms with E-state index >= 15 is 0 Å². The van der Waals surface area contributed by atoms with E-state index in [4.69, 9.17) is 11.5 Å². The molecule has 1 fully saturated rings. The van der Waals surface area contributed by atoms with Gasteiger partial charge in [0.2, 0.25) is 0 Å². The minimum Gasteiger partial charge on any atom is -0.352 e. The van der Waals surface area contributed by atoms with E-state index in [1.165, 1.54) is 0 Å². The molecule has 0 radical (unpaired) electrons. The third-order valence-corrected chi connectivity index (χ3v) is 2.86. The van der Waals surface area contributed by atoms with Crippen LogP contribution in [0, 0.1) is 5.92 Å². The van der Waals surface area contributed by atoms with Gasteiger partial charge in [-0.3, -0.25) is 0 Å². The molecule has 0 aliphatic heterocycles. The number of carbonyl (C=O) groups excluding carboxylic acids is 1. The predicted octanol–water partition coefficient (Wildman–Crippen LogP) is 0.561. The molecule has 0 bridgehead atoms. The fraction of sp³-hybridized carbons (Fsp3) is 0.889. The van der Waals surface area contributed by atoms with Crippen LogP contribution in [0.2, 0.25) is 0 Å². The zero-order valence-corrected chi connectivity index (χ0v) is 8.12. The second kappa shape index (κ2) is 4.46. The van der Waals surface area contributed by atoms with Gasteiger partial charge in [-0.2, -0.15) is 0 Å². The summed E-state index contributed by atoms with van der Waals surface area (Å²) in [6.07, 6.45) is 4.22. The second-order valence-electron chi connectivity index (χ2n) is 3.98. The van der Waals surface area contributed by atoms with Gasteiger partial charge in [0.05, 0.1) is 0 Å². The van der Waals surface area contributed by atoms with Crippen LogP contribution in [0.1, 0.15) is 32.6 Å². The fourth-order valence-corrected chi connectivity index (χ4v) is 1.99. The van der Waals surface area contributed by atoms with E-state index in [0.717, 1.165) is 25.7 Å². The molecule has 0 aromatic heterocycles. The second-order valence-corrected chi connectivity index (χ2v) is 3.98. The Morgan fingerprint density at radius 1 is 1.38 bits per heavy atom. The number of amides is 2. The molecule has 1 unspecified atom stereocenters. The Labute approximate surface area is 79.0 Å². The summed E-state index contributed by atoms with van der Waals surface area (Å²) in [5.74, 6) is 0.617. The molecule has 1 aliphatic carbocycles. The highest BCUT2D eigenvalue weighted by Gasteiger charge is 2.23. The molecule has 0 aromatic rings. The molecule has 0 spiro atoms. The molecule has 1 rings (SSSR count). The monoisotopic (exact) mass is 185 g/mol. The van der Waals surface area contributed by atoms with Crippen LogP contribution in [0.15, 0.2) is 0 Å². The molecule has 76 valence electrons. The van der Waals surface area contributed by atoms with E-state index in [9.17, 15) is 4.79 Å². The van der Waals surface area contributed by atoms with Crippen molar-refractivity contribution < 1.29 is 4.79 Å². The Morgan fingerprint density at radius 2 is 1.92 bits per heavy atom. The van der Waals surface area contributed by atoms with Crippen molar-refractivity contribution in [2.24, 2.45) is 17.4 Å². The number of hydrogen-bond donors (Lipinski definition) is 3. The summed E-state index contributed by atoms with van der Waals surface area (Å²) in [7, 11) is 0. The number of primary amides is 1. The first-order chi connectivity index (χ1) is 6.09. The summed E-state index contributed by atoms with van der Waals surface area (Å²) in [6, 6.07) is 0.131. The summed E-state index contributed by atoms with van der Waals surface area (Å²) in [6.45, 7) is 2.05. The van der Waals surface area contributed by atoms with Gasteiger partial charge in [0.15, 0.2) is 0 Å². The number of urea groups is 1. The maximum Gasteiger partial charge on any atom is 0.312 e. The summed E-state index contributed by atoms with van der Waals surface area (Å²) < 4.78 is 0.